The maximum Gasteiger partial charge on any atom is 0.250 e. The van der Waals surface area contributed by atoms with Gasteiger partial charge in [-0.05, 0) is 12.5 Å². The lowest BCUT2D eigenvalue weighted by molar-refractivity contribution is -0.143. The third-order valence-corrected chi connectivity index (χ3v) is 2.72. The minimum Gasteiger partial charge on any atom is -0.339 e. The summed E-state index contributed by atoms with van der Waals surface area (Å²) >= 11 is 0. The highest BCUT2D eigenvalue weighted by Gasteiger charge is 2.31. The van der Waals surface area contributed by atoms with Crippen LogP contribution in [0.1, 0.15) is 17.2 Å². The number of amides is 2. The van der Waals surface area contributed by atoms with E-state index in [2.05, 4.69) is 5.32 Å². The number of piperazine rings is 1. The molecular formula is C12H14N2O2. The van der Waals surface area contributed by atoms with Gasteiger partial charge < -0.3 is 10.2 Å². The van der Waals surface area contributed by atoms with Crippen LogP contribution in [0.4, 0.5) is 0 Å². The highest BCUT2D eigenvalue weighted by atomic mass is 16.2. The minimum atomic E-state index is -0.535. The molecule has 0 saturated carbocycles. The number of likely N-dealkylation sites (N-methyl/N-ethyl adjacent to an activating group) is 1. The van der Waals surface area contributed by atoms with Gasteiger partial charge in [0.15, 0.2) is 0 Å². The molecule has 0 bridgehead atoms. The molecule has 2 amide bonds. The fourth-order valence-corrected chi connectivity index (χ4v) is 1.77. The first-order chi connectivity index (χ1) is 7.58. The fourth-order valence-electron chi connectivity index (χ4n) is 1.77. The highest BCUT2D eigenvalue weighted by molar-refractivity contribution is 5.95. The summed E-state index contributed by atoms with van der Waals surface area (Å²) in [5, 5.41) is 2.70. The summed E-state index contributed by atoms with van der Waals surface area (Å²) < 4.78 is 0. The van der Waals surface area contributed by atoms with E-state index in [1.807, 2.05) is 31.2 Å². The predicted octanol–water partition coefficient (Wildman–Crippen LogP) is 0.624. The minimum absolute atomic E-state index is 0.0662. The van der Waals surface area contributed by atoms with Gasteiger partial charge in [0, 0.05) is 7.05 Å². The highest BCUT2D eigenvalue weighted by Crippen LogP contribution is 2.18. The van der Waals surface area contributed by atoms with Gasteiger partial charge in [0.2, 0.25) is 11.8 Å². The van der Waals surface area contributed by atoms with Crippen LogP contribution in [-0.4, -0.2) is 30.3 Å². The van der Waals surface area contributed by atoms with Crippen LogP contribution < -0.4 is 5.32 Å². The molecular weight excluding hydrogens is 204 g/mol. The van der Waals surface area contributed by atoms with E-state index in [4.69, 9.17) is 0 Å². The van der Waals surface area contributed by atoms with Crippen LogP contribution in [0.25, 0.3) is 0 Å². The number of nitrogens with zero attached hydrogens (tertiary/aromatic N) is 1. The molecule has 1 heterocycles. The summed E-state index contributed by atoms with van der Waals surface area (Å²) in [5.74, 6) is -0.184. The van der Waals surface area contributed by atoms with Crippen LogP contribution in [0.3, 0.4) is 0 Å². The number of carbonyl (C=O) groups is 2. The molecule has 0 aliphatic carbocycles. The Hall–Kier alpha value is -1.84. The maximum absolute atomic E-state index is 11.9. The van der Waals surface area contributed by atoms with Gasteiger partial charge in [0.05, 0.1) is 6.54 Å². The Kier molecular flexibility index (Phi) is 2.64. The summed E-state index contributed by atoms with van der Waals surface area (Å²) in [5.41, 5.74) is 1.96. The first kappa shape index (κ1) is 10.7. The molecule has 1 aromatic rings. The van der Waals surface area contributed by atoms with Gasteiger partial charge in [-0.3, -0.25) is 9.59 Å². The van der Waals surface area contributed by atoms with E-state index < -0.39 is 6.04 Å². The Balaban J connectivity index is 2.28. The van der Waals surface area contributed by atoms with Crippen molar-refractivity contribution in [3.63, 3.8) is 0 Å². The number of carbonyl (C=O) groups excluding carboxylic acids is 2. The largest absolute Gasteiger partial charge is 0.339 e. The Morgan fingerprint density at radius 2 is 1.88 bits per heavy atom. The number of rotatable bonds is 1. The van der Waals surface area contributed by atoms with E-state index in [1.165, 1.54) is 4.90 Å². The van der Waals surface area contributed by atoms with Crippen molar-refractivity contribution < 1.29 is 9.59 Å². The first-order valence-electron chi connectivity index (χ1n) is 5.19. The number of hydrogen-bond acceptors (Lipinski definition) is 2. The van der Waals surface area contributed by atoms with Crippen LogP contribution in [0.2, 0.25) is 0 Å². The standard InChI is InChI=1S/C12H14N2O2/c1-8-3-5-9(6-4-8)11-12(16)14(2)7-10(15)13-11/h3-6,11H,7H2,1-2H3,(H,13,15). The third kappa shape index (κ3) is 1.91. The van der Waals surface area contributed by atoms with Gasteiger partial charge in [-0.1, -0.05) is 29.8 Å². The van der Waals surface area contributed by atoms with Gasteiger partial charge in [0.25, 0.3) is 0 Å². The molecule has 4 heteroatoms. The quantitative estimate of drug-likeness (QED) is 0.751. The van der Waals surface area contributed by atoms with Crippen molar-refractivity contribution in [1.29, 1.82) is 0 Å². The van der Waals surface area contributed by atoms with Crippen molar-refractivity contribution >= 4 is 11.8 Å². The van der Waals surface area contributed by atoms with Crippen molar-refractivity contribution in [1.82, 2.24) is 10.2 Å². The summed E-state index contributed by atoms with van der Waals surface area (Å²) in [7, 11) is 1.64. The molecule has 0 aromatic heterocycles. The van der Waals surface area contributed by atoms with E-state index in [-0.39, 0.29) is 18.4 Å². The Labute approximate surface area is 94.2 Å². The van der Waals surface area contributed by atoms with Gasteiger partial charge >= 0.3 is 0 Å². The molecule has 84 valence electrons. The molecule has 1 atom stereocenters. The van der Waals surface area contributed by atoms with Crippen LogP contribution in [0.5, 0.6) is 0 Å². The van der Waals surface area contributed by atoms with Crippen molar-refractivity contribution in [3.05, 3.63) is 35.4 Å². The molecule has 1 fully saturated rings. The molecule has 1 aliphatic rings. The summed E-state index contributed by atoms with van der Waals surface area (Å²) in [6, 6.07) is 7.08. The predicted molar refractivity (Wildman–Crippen MR) is 59.7 cm³/mol. The molecule has 4 nitrogen and oxygen atoms in total. The van der Waals surface area contributed by atoms with Gasteiger partial charge in [-0.2, -0.15) is 0 Å². The van der Waals surface area contributed by atoms with Gasteiger partial charge in [-0.15, -0.1) is 0 Å². The molecule has 2 rings (SSSR count). The van der Waals surface area contributed by atoms with E-state index in [9.17, 15) is 9.59 Å². The Morgan fingerprint density at radius 1 is 1.25 bits per heavy atom. The maximum atomic E-state index is 11.9. The van der Waals surface area contributed by atoms with E-state index in [0.717, 1.165) is 11.1 Å². The lowest BCUT2D eigenvalue weighted by Gasteiger charge is -2.29. The van der Waals surface area contributed by atoms with E-state index in [0.29, 0.717) is 0 Å². The second-order valence-electron chi connectivity index (χ2n) is 4.11. The zero-order valence-corrected chi connectivity index (χ0v) is 9.36. The Bertz CT molecular complexity index is 425. The van der Waals surface area contributed by atoms with Crippen LogP contribution in [0.15, 0.2) is 24.3 Å². The molecule has 1 saturated heterocycles. The van der Waals surface area contributed by atoms with Gasteiger partial charge in [0.1, 0.15) is 6.04 Å². The molecule has 1 unspecified atom stereocenters. The van der Waals surface area contributed by atoms with Crippen molar-refractivity contribution in [2.45, 2.75) is 13.0 Å². The Morgan fingerprint density at radius 3 is 2.50 bits per heavy atom. The van der Waals surface area contributed by atoms with E-state index >= 15 is 0 Å². The average molecular weight is 218 g/mol. The molecule has 0 spiro atoms. The van der Waals surface area contributed by atoms with Crippen LogP contribution >= 0.6 is 0 Å². The van der Waals surface area contributed by atoms with E-state index in [1.54, 1.807) is 7.05 Å². The van der Waals surface area contributed by atoms with Crippen LogP contribution in [-0.2, 0) is 9.59 Å². The topological polar surface area (TPSA) is 49.4 Å². The first-order valence-corrected chi connectivity index (χ1v) is 5.19. The zero-order valence-electron chi connectivity index (χ0n) is 9.36. The fraction of sp³-hybridized carbons (Fsp3) is 0.333. The second-order valence-corrected chi connectivity index (χ2v) is 4.11. The van der Waals surface area contributed by atoms with Crippen molar-refractivity contribution in [3.8, 4) is 0 Å². The van der Waals surface area contributed by atoms with Crippen molar-refractivity contribution in [2.24, 2.45) is 0 Å². The molecule has 1 aliphatic heterocycles. The zero-order chi connectivity index (χ0) is 11.7. The number of benzene rings is 1. The van der Waals surface area contributed by atoms with Gasteiger partial charge in [-0.25, -0.2) is 0 Å². The number of hydrogen-bond donors (Lipinski definition) is 1. The van der Waals surface area contributed by atoms with Crippen molar-refractivity contribution in [2.75, 3.05) is 13.6 Å². The molecule has 16 heavy (non-hydrogen) atoms. The molecule has 1 N–H and O–H groups in total. The lowest BCUT2D eigenvalue weighted by atomic mass is 10.0. The number of aryl methyl sites for hydroxylation is 1. The third-order valence-electron chi connectivity index (χ3n) is 2.72. The summed E-state index contributed by atoms with van der Waals surface area (Å²) in [4.78, 5) is 24.7. The van der Waals surface area contributed by atoms with Crippen LogP contribution in [0, 0.1) is 6.92 Å². The smallest absolute Gasteiger partial charge is 0.250 e. The monoisotopic (exact) mass is 218 g/mol. The SMILES string of the molecule is Cc1ccc(C2NC(=O)CN(C)C2=O)cc1. The molecule has 1 aromatic carbocycles. The summed E-state index contributed by atoms with van der Waals surface area (Å²) in [6.45, 7) is 2.12. The summed E-state index contributed by atoms with van der Waals surface area (Å²) in [6.07, 6.45) is 0. The lowest BCUT2D eigenvalue weighted by Crippen LogP contribution is -2.51. The number of nitrogens with one attached hydrogen (secondary N) is 1. The molecule has 0 radical (unpaired) electrons. The second kappa shape index (κ2) is 3.96. The average Bonchev–Trinajstić information content (AvgIpc) is 2.25. The normalized spacial score (nSPS) is 20.9.